The van der Waals surface area contributed by atoms with Crippen LogP contribution < -0.4 is 5.32 Å². The summed E-state index contributed by atoms with van der Waals surface area (Å²) in [7, 11) is 0. The zero-order valence-electron chi connectivity index (χ0n) is 13.5. The van der Waals surface area contributed by atoms with Crippen LogP contribution in [0.25, 0.3) is 10.9 Å². The number of aromatic nitrogens is 1. The van der Waals surface area contributed by atoms with Gasteiger partial charge in [0.2, 0.25) is 0 Å². The van der Waals surface area contributed by atoms with Crippen LogP contribution in [0.1, 0.15) is 16.9 Å². The molecular weight excluding hydrogens is 324 g/mol. The van der Waals surface area contributed by atoms with Crippen molar-refractivity contribution in [1.29, 1.82) is 0 Å². The van der Waals surface area contributed by atoms with Crippen LogP contribution in [0.4, 0.5) is 0 Å². The van der Waals surface area contributed by atoms with Crippen LogP contribution in [0.2, 0.25) is 5.02 Å². The van der Waals surface area contributed by atoms with Crippen LogP contribution in [-0.4, -0.2) is 66.0 Å². The topological polar surface area (TPSA) is 48.5 Å². The van der Waals surface area contributed by atoms with Crippen LogP contribution in [0.3, 0.4) is 0 Å². The highest BCUT2D eigenvalue weighted by atomic mass is 35.5. The van der Waals surface area contributed by atoms with Gasteiger partial charge < -0.3 is 10.2 Å². The SMILES string of the molecule is O=C(c1ccc2ccc(Cl)cc2n1)N1CCC(N2CCNCC2)C1. The summed E-state index contributed by atoms with van der Waals surface area (Å²) in [5, 5.41) is 5.01. The summed E-state index contributed by atoms with van der Waals surface area (Å²) in [5.74, 6) is 0.0227. The fraction of sp³-hybridized carbons (Fsp3) is 0.444. The van der Waals surface area contributed by atoms with E-state index in [2.05, 4.69) is 15.2 Å². The van der Waals surface area contributed by atoms with Crippen molar-refractivity contribution in [2.75, 3.05) is 39.3 Å². The number of benzene rings is 1. The fourth-order valence-electron chi connectivity index (χ4n) is 3.64. The lowest BCUT2D eigenvalue weighted by Gasteiger charge is -2.32. The van der Waals surface area contributed by atoms with Crippen molar-refractivity contribution in [3.8, 4) is 0 Å². The second-order valence-corrected chi connectivity index (χ2v) is 6.95. The van der Waals surface area contributed by atoms with Gasteiger partial charge in [-0.15, -0.1) is 0 Å². The lowest BCUT2D eigenvalue weighted by atomic mass is 10.2. The Morgan fingerprint density at radius 2 is 1.96 bits per heavy atom. The van der Waals surface area contributed by atoms with Gasteiger partial charge in [-0.3, -0.25) is 9.69 Å². The highest BCUT2D eigenvalue weighted by molar-refractivity contribution is 6.31. The van der Waals surface area contributed by atoms with E-state index in [0.29, 0.717) is 16.8 Å². The molecule has 3 heterocycles. The number of piperazine rings is 1. The maximum Gasteiger partial charge on any atom is 0.272 e. The third kappa shape index (κ3) is 3.11. The number of rotatable bonds is 2. The fourth-order valence-corrected chi connectivity index (χ4v) is 3.81. The average Bonchev–Trinajstić information content (AvgIpc) is 3.11. The van der Waals surface area contributed by atoms with Gasteiger partial charge in [-0.2, -0.15) is 0 Å². The molecule has 0 spiro atoms. The van der Waals surface area contributed by atoms with Gasteiger partial charge in [0.05, 0.1) is 5.52 Å². The van der Waals surface area contributed by atoms with Crippen LogP contribution in [-0.2, 0) is 0 Å². The van der Waals surface area contributed by atoms with E-state index in [1.807, 2.05) is 29.2 Å². The van der Waals surface area contributed by atoms with Crippen molar-refractivity contribution in [2.24, 2.45) is 0 Å². The van der Waals surface area contributed by atoms with Gasteiger partial charge >= 0.3 is 0 Å². The van der Waals surface area contributed by atoms with Crippen LogP contribution in [0.5, 0.6) is 0 Å². The van der Waals surface area contributed by atoms with Gasteiger partial charge in [0, 0.05) is 55.7 Å². The molecule has 0 bridgehead atoms. The lowest BCUT2D eigenvalue weighted by Crippen LogP contribution is -2.49. The van der Waals surface area contributed by atoms with Crippen molar-refractivity contribution in [2.45, 2.75) is 12.5 Å². The molecule has 2 saturated heterocycles. The van der Waals surface area contributed by atoms with E-state index < -0.39 is 0 Å². The quantitative estimate of drug-likeness (QED) is 0.905. The Morgan fingerprint density at radius 3 is 2.79 bits per heavy atom. The summed E-state index contributed by atoms with van der Waals surface area (Å²) in [6, 6.07) is 9.81. The zero-order valence-corrected chi connectivity index (χ0v) is 14.3. The van der Waals surface area contributed by atoms with Gasteiger partial charge in [-0.25, -0.2) is 4.98 Å². The summed E-state index contributed by atoms with van der Waals surface area (Å²) in [6.45, 7) is 5.82. The number of carbonyl (C=O) groups is 1. The molecule has 2 aliphatic heterocycles. The smallest absolute Gasteiger partial charge is 0.272 e. The first-order valence-corrected chi connectivity index (χ1v) is 8.89. The molecule has 1 aromatic carbocycles. The number of nitrogens with one attached hydrogen (secondary N) is 1. The summed E-state index contributed by atoms with van der Waals surface area (Å²) >= 11 is 6.04. The van der Waals surface area contributed by atoms with Crippen LogP contribution >= 0.6 is 11.6 Å². The van der Waals surface area contributed by atoms with Crippen molar-refractivity contribution in [3.05, 3.63) is 41.0 Å². The Labute approximate surface area is 146 Å². The molecule has 0 saturated carbocycles. The van der Waals surface area contributed by atoms with Crippen molar-refractivity contribution in [3.63, 3.8) is 0 Å². The molecule has 1 atom stereocenters. The van der Waals surface area contributed by atoms with Gasteiger partial charge in [0.1, 0.15) is 5.69 Å². The van der Waals surface area contributed by atoms with Crippen molar-refractivity contribution in [1.82, 2.24) is 20.1 Å². The van der Waals surface area contributed by atoms with Crippen LogP contribution in [0, 0.1) is 0 Å². The van der Waals surface area contributed by atoms with E-state index in [0.717, 1.165) is 56.6 Å². The minimum Gasteiger partial charge on any atom is -0.336 e. The second-order valence-electron chi connectivity index (χ2n) is 6.51. The minimum absolute atomic E-state index is 0.0227. The standard InChI is InChI=1S/C18H21ClN4O/c19-14-3-1-13-2-4-16(21-17(13)11-14)18(24)23-8-5-15(12-23)22-9-6-20-7-10-22/h1-4,11,15,20H,5-10,12H2. The van der Waals surface area contributed by atoms with Gasteiger partial charge in [-0.05, 0) is 24.6 Å². The van der Waals surface area contributed by atoms with Gasteiger partial charge in [-0.1, -0.05) is 23.7 Å². The number of likely N-dealkylation sites (tertiary alicyclic amines) is 1. The van der Waals surface area contributed by atoms with E-state index in [9.17, 15) is 4.79 Å². The van der Waals surface area contributed by atoms with E-state index >= 15 is 0 Å². The number of pyridine rings is 1. The molecule has 1 N–H and O–H groups in total. The largest absolute Gasteiger partial charge is 0.336 e. The number of carbonyl (C=O) groups excluding carboxylic acids is 1. The first-order valence-electron chi connectivity index (χ1n) is 8.51. The van der Waals surface area contributed by atoms with E-state index in [4.69, 9.17) is 11.6 Å². The Kier molecular flexibility index (Phi) is 4.39. The lowest BCUT2D eigenvalue weighted by molar-refractivity contribution is 0.0768. The van der Waals surface area contributed by atoms with Crippen molar-refractivity contribution >= 4 is 28.4 Å². The highest BCUT2D eigenvalue weighted by Crippen LogP contribution is 2.21. The molecule has 2 aromatic rings. The molecule has 2 fully saturated rings. The minimum atomic E-state index is 0.0227. The molecule has 1 unspecified atom stereocenters. The molecule has 24 heavy (non-hydrogen) atoms. The maximum atomic E-state index is 12.8. The molecule has 1 aromatic heterocycles. The third-order valence-electron chi connectivity index (χ3n) is 4.99. The molecular formula is C18H21ClN4O. The number of fused-ring (bicyclic) bond motifs is 1. The molecule has 1 amide bonds. The molecule has 0 radical (unpaired) electrons. The summed E-state index contributed by atoms with van der Waals surface area (Å²) in [4.78, 5) is 21.8. The van der Waals surface area contributed by atoms with Gasteiger partial charge in [0.15, 0.2) is 0 Å². The summed E-state index contributed by atoms with van der Waals surface area (Å²) in [5.41, 5.74) is 1.27. The van der Waals surface area contributed by atoms with Crippen molar-refractivity contribution < 1.29 is 4.79 Å². The monoisotopic (exact) mass is 344 g/mol. The summed E-state index contributed by atoms with van der Waals surface area (Å²) in [6.07, 6.45) is 1.05. The third-order valence-corrected chi connectivity index (χ3v) is 5.23. The Balaban J connectivity index is 1.49. The molecule has 2 aliphatic rings. The zero-order chi connectivity index (χ0) is 16.5. The predicted molar refractivity (Wildman–Crippen MR) is 95.5 cm³/mol. The normalized spacial score (nSPS) is 22.2. The molecule has 4 rings (SSSR count). The first-order chi connectivity index (χ1) is 11.7. The predicted octanol–water partition coefficient (Wildman–Crippen LogP) is 2.01. The molecule has 126 valence electrons. The maximum absolute atomic E-state index is 12.8. The number of nitrogens with zero attached hydrogens (tertiary/aromatic N) is 3. The Bertz CT molecular complexity index is 760. The van der Waals surface area contributed by atoms with E-state index in [1.165, 1.54) is 0 Å². The molecule has 6 heteroatoms. The average molecular weight is 345 g/mol. The second kappa shape index (κ2) is 6.67. The Hall–Kier alpha value is -1.69. The number of halogens is 1. The number of hydrogen-bond acceptors (Lipinski definition) is 4. The first kappa shape index (κ1) is 15.8. The summed E-state index contributed by atoms with van der Waals surface area (Å²) < 4.78 is 0. The number of amides is 1. The van der Waals surface area contributed by atoms with E-state index in [-0.39, 0.29) is 5.91 Å². The Morgan fingerprint density at radius 1 is 1.17 bits per heavy atom. The van der Waals surface area contributed by atoms with Crippen LogP contribution in [0.15, 0.2) is 30.3 Å². The number of hydrogen-bond donors (Lipinski definition) is 1. The molecule has 5 nitrogen and oxygen atoms in total. The van der Waals surface area contributed by atoms with E-state index in [1.54, 1.807) is 6.07 Å². The van der Waals surface area contributed by atoms with Gasteiger partial charge in [0.25, 0.3) is 5.91 Å². The highest BCUT2D eigenvalue weighted by Gasteiger charge is 2.31. The molecule has 0 aliphatic carbocycles.